The number of aryl methyl sites for hydroxylation is 1. The number of aromatic nitrogens is 3. The molecule has 10 heteroatoms. The largest absolute Gasteiger partial charge is 0.491 e. The number of halogens is 4. The molecule has 3 rings (SSSR count). The normalized spacial score (nSPS) is 13.1. The number of benzene rings is 1. The standard InChI is InChI=1S/C18H17ClF3N3O2S/c1-2-11-3-5-14(6-4-11)27-9-13(26)10-28-17-24-23-16-15(19)7-12(8-25(16)17)18(20,21)22/h3-8,13,26H,2,9-10H2,1H3/t13-/m0/s1. The number of hydrogen-bond acceptors (Lipinski definition) is 5. The summed E-state index contributed by atoms with van der Waals surface area (Å²) in [6.45, 7) is 2.10. The fourth-order valence-corrected chi connectivity index (χ4v) is 3.48. The average Bonchev–Trinajstić information content (AvgIpc) is 3.08. The van der Waals surface area contributed by atoms with E-state index in [1.807, 2.05) is 24.3 Å². The van der Waals surface area contributed by atoms with Gasteiger partial charge in [0.05, 0.1) is 16.7 Å². The zero-order valence-corrected chi connectivity index (χ0v) is 16.4. The van der Waals surface area contributed by atoms with Gasteiger partial charge in [0.25, 0.3) is 0 Å². The lowest BCUT2D eigenvalue weighted by atomic mass is 10.2. The predicted molar refractivity (Wildman–Crippen MR) is 101 cm³/mol. The van der Waals surface area contributed by atoms with E-state index in [2.05, 4.69) is 17.1 Å². The molecule has 0 spiro atoms. The predicted octanol–water partition coefficient (Wildman–Crippen LogP) is 4.50. The highest BCUT2D eigenvalue weighted by atomic mass is 35.5. The lowest BCUT2D eigenvalue weighted by Crippen LogP contribution is -2.20. The topological polar surface area (TPSA) is 59.7 Å². The molecule has 0 bridgehead atoms. The Morgan fingerprint density at radius 2 is 1.96 bits per heavy atom. The Labute approximate surface area is 168 Å². The van der Waals surface area contributed by atoms with Gasteiger partial charge in [-0.25, -0.2) is 0 Å². The molecule has 1 aromatic carbocycles. The summed E-state index contributed by atoms with van der Waals surface area (Å²) in [5, 5.41) is 17.8. The minimum absolute atomic E-state index is 0.0454. The average molecular weight is 432 g/mol. The molecule has 0 unspecified atom stereocenters. The first-order valence-electron chi connectivity index (χ1n) is 8.42. The molecule has 0 amide bonds. The van der Waals surface area contributed by atoms with E-state index in [0.717, 1.165) is 30.4 Å². The van der Waals surface area contributed by atoms with E-state index in [1.54, 1.807) is 0 Å². The van der Waals surface area contributed by atoms with Crippen LogP contribution in [0.5, 0.6) is 5.75 Å². The first-order valence-corrected chi connectivity index (χ1v) is 9.78. The molecule has 1 atom stereocenters. The zero-order chi connectivity index (χ0) is 20.3. The van der Waals surface area contributed by atoms with Crippen LogP contribution >= 0.6 is 23.4 Å². The van der Waals surface area contributed by atoms with E-state index in [1.165, 1.54) is 9.96 Å². The fourth-order valence-electron chi connectivity index (χ4n) is 2.42. The monoisotopic (exact) mass is 431 g/mol. The molecule has 0 saturated carbocycles. The molecule has 150 valence electrons. The maximum absolute atomic E-state index is 13.0. The van der Waals surface area contributed by atoms with E-state index >= 15 is 0 Å². The summed E-state index contributed by atoms with van der Waals surface area (Å²) in [6, 6.07) is 8.35. The maximum atomic E-state index is 13.0. The summed E-state index contributed by atoms with van der Waals surface area (Å²) in [5.74, 6) is 0.803. The van der Waals surface area contributed by atoms with Crippen molar-refractivity contribution < 1.29 is 23.0 Å². The van der Waals surface area contributed by atoms with Gasteiger partial charge in [0.15, 0.2) is 10.8 Å². The van der Waals surface area contributed by atoms with E-state index in [-0.39, 0.29) is 28.2 Å². The Morgan fingerprint density at radius 3 is 2.61 bits per heavy atom. The van der Waals surface area contributed by atoms with Crippen molar-refractivity contribution in [2.24, 2.45) is 0 Å². The number of aliphatic hydroxyl groups excluding tert-OH is 1. The van der Waals surface area contributed by atoms with Crippen LogP contribution in [0.3, 0.4) is 0 Å². The number of hydrogen-bond donors (Lipinski definition) is 1. The van der Waals surface area contributed by atoms with E-state index in [0.29, 0.717) is 5.75 Å². The van der Waals surface area contributed by atoms with Crippen LogP contribution in [0.2, 0.25) is 5.02 Å². The SMILES string of the molecule is CCc1ccc(OC[C@H](O)CSc2nnc3c(Cl)cc(C(F)(F)F)cn23)cc1. The van der Waals surface area contributed by atoms with Gasteiger partial charge in [-0.3, -0.25) is 4.40 Å². The molecule has 0 aliphatic carbocycles. The number of ether oxygens (including phenoxy) is 1. The van der Waals surface area contributed by atoms with E-state index in [9.17, 15) is 18.3 Å². The second-order valence-electron chi connectivity index (χ2n) is 6.02. The fraction of sp³-hybridized carbons (Fsp3) is 0.333. The quantitative estimate of drug-likeness (QED) is 0.558. The number of fused-ring (bicyclic) bond motifs is 1. The summed E-state index contributed by atoms with van der Waals surface area (Å²) in [5.41, 5.74) is 0.406. The van der Waals surface area contributed by atoms with Gasteiger partial charge < -0.3 is 9.84 Å². The van der Waals surface area contributed by atoms with Gasteiger partial charge in [-0.05, 0) is 30.2 Å². The van der Waals surface area contributed by atoms with Crippen LogP contribution in [0.1, 0.15) is 18.1 Å². The number of nitrogens with zero attached hydrogens (tertiary/aromatic N) is 3. The summed E-state index contributed by atoms with van der Waals surface area (Å²) in [6.07, 6.45) is -3.57. The Kier molecular flexibility index (Phi) is 6.36. The summed E-state index contributed by atoms with van der Waals surface area (Å²) in [4.78, 5) is 0. The van der Waals surface area contributed by atoms with Crippen molar-refractivity contribution in [1.82, 2.24) is 14.6 Å². The number of rotatable bonds is 7. The van der Waals surface area contributed by atoms with Gasteiger partial charge >= 0.3 is 6.18 Å². The Hall–Kier alpha value is -1.97. The van der Waals surface area contributed by atoms with Gasteiger partial charge in [-0.15, -0.1) is 10.2 Å². The summed E-state index contributed by atoms with van der Waals surface area (Å²) < 4.78 is 45.6. The van der Waals surface area contributed by atoms with E-state index < -0.39 is 17.8 Å². The molecule has 0 radical (unpaired) electrons. The second-order valence-corrected chi connectivity index (χ2v) is 7.42. The molecule has 5 nitrogen and oxygen atoms in total. The lowest BCUT2D eigenvalue weighted by Gasteiger charge is -2.12. The van der Waals surface area contributed by atoms with Crippen LogP contribution < -0.4 is 4.74 Å². The van der Waals surface area contributed by atoms with Crippen LogP contribution in [-0.2, 0) is 12.6 Å². The van der Waals surface area contributed by atoms with Crippen LogP contribution in [-0.4, -0.2) is 38.2 Å². The summed E-state index contributed by atoms with van der Waals surface area (Å²) >= 11 is 6.95. The number of thioether (sulfide) groups is 1. The van der Waals surface area contributed by atoms with Crippen molar-refractivity contribution in [2.45, 2.75) is 30.8 Å². The second kappa shape index (κ2) is 8.59. The van der Waals surface area contributed by atoms with Crippen molar-refractivity contribution in [3.8, 4) is 5.75 Å². The van der Waals surface area contributed by atoms with Crippen molar-refractivity contribution in [3.05, 3.63) is 52.7 Å². The minimum atomic E-state index is -4.54. The molecule has 0 aliphatic heterocycles. The van der Waals surface area contributed by atoms with Gasteiger partial charge in [-0.1, -0.05) is 42.4 Å². The van der Waals surface area contributed by atoms with Crippen LogP contribution in [0, 0.1) is 0 Å². The van der Waals surface area contributed by atoms with Crippen LogP contribution in [0.4, 0.5) is 13.2 Å². The molecule has 0 aliphatic rings. The van der Waals surface area contributed by atoms with Crippen LogP contribution in [0.15, 0.2) is 41.7 Å². The van der Waals surface area contributed by atoms with Gasteiger partial charge in [0.2, 0.25) is 0 Å². The number of aliphatic hydroxyl groups is 1. The smallest absolute Gasteiger partial charge is 0.417 e. The Morgan fingerprint density at radius 1 is 1.25 bits per heavy atom. The Balaban J connectivity index is 1.63. The highest BCUT2D eigenvalue weighted by Crippen LogP contribution is 2.33. The number of alkyl halides is 3. The third kappa shape index (κ3) is 4.89. The maximum Gasteiger partial charge on any atom is 0.417 e. The highest BCUT2D eigenvalue weighted by molar-refractivity contribution is 7.99. The highest BCUT2D eigenvalue weighted by Gasteiger charge is 2.32. The van der Waals surface area contributed by atoms with Crippen molar-refractivity contribution in [2.75, 3.05) is 12.4 Å². The minimum Gasteiger partial charge on any atom is -0.491 e. The lowest BCUT2D eigenvalue weighted by molar-refractivity contribution is -0.137. The molecule has 1 N–H and O–H groups in total. The first kappa shape index (κ1) is 20.8. The molecular formula is C18H17ClF3N3O2S. The first-order chi connectivity index (χ1) is 13.3. The Bertz CT molecular complexity index is 948. The van der Waals surface area contributed by atoms with Crippen molar-refractivity contribution in [1.29, 1.82) is 0 Å². The van der Waals surface area contributed by atoms with E-state index in [4.69, 9.17) is 16.3 Å². The molecular weight excluding hydrogens is 415 g/mol. The van der Waals surface area contributed by atoms with Crippen molar-refractivity contribution >= 4 is 29.0 Å². The third-order valence-corrected chi connectivity index (χ3v) is 5.30. The molecule has 2 heterocycles. The number of pyridine rings is 1. The zero-order valence-electron chi connectivity index (χ0n) is 14.8. The molecule has 0 fully saturated rings. The third-order valence-electron chi connectivity index (χ3n) is 3.93. The van der Waals surface area contributed by atoms with Gasteiger partial charge in [-0.2, -0.15) is 13.2 Å². The van der Waals surface area contributed by atoms with Crippen LogP contribution in [0.25, 0.3) is 5.65 Å². The molecule has 2 aromatic heterocycles. The molecule has 0 saturated heterocycles. The van der Waals surface area contributed by atoms with Gasteiger partial charge in [0, 0.05) is 11.9 Å². The summed E-state index contributed by atoms with van der Waals surface area (Å²) in [7, 11) is 0. The van der Waals surface area contributed by atoms with Gasteiger partial charge in [0.1, 0.15) is 12.4 Å². The van der Waals surface area contributed by atoms with Crippen molar-refractivity contribution in [3.63, 3.8) is 0 Å². The molecule has 3 aromatic rings. The molecule has 28 heavy (non-hydrogen) atoms.